The van der Waals surface area contributed by atoms with Crippen LogP contribution in [0.2, 0.25) is 0 Å². The van der Waals surface area contributed by atoms with Crippen molar-refractivity contribution in [3.8, 4) is 0 Å². The molecule has 1 N–H and O–H groups in total. The molecule has 22 heavy (non-hydrogen) atoms. The van der Waals surface area contributed by atoms with E-state index in [2.05, 4.69) is 36.3 Å². The minimum Gasteiger partial charge on any atom is -0.482 e. The van der Waals surface area contributed by atoms with E-state index in [0.29, 0.717) is 11.8 Å². The molecule has 122 valence electrons. The van der Waals surface area contributed by atoms with Gasteiger partial charge in [0, 0.05) is 5.92 Å². The van der Waals surface area contributed by atoms with Crippen LogP contribution in [0.15, 0.2) is 29.4 Å². The monoisotopic (exact) mass is 303 g/mol. The van der Waals surface area contributed by atoms with Crippen molar-refractivity contribution in [1.29, 1.82) is 0 Å². The average Bonchev–Trinajstić information content (AvgIpc) is 3.03. The summed E-state index contributed by atoms with van der Waals surface area (Å²) >= 11 is 0. The highest BCUT2D eigenvalue weighted by atomic mass is 16.5. The fraction of sp³-hybridized carbons (Fsp3) is 0.632. The van der Waals surface area contributed by atoms with Gasteiger partial charge in [-0.25, -0.2) is 0 Å². The van der Waals surface area contributed by atoms with Gasteiger partial charge in [0.05, 0.1) is 7.11 Å². The van der Waals surface area contributed by atoms with Crippen LogP contribution in [-0.2, 0) is 11.2 Å². The van der Waals surface area contributed by atoms with E-state index in [0.717, 1.165) is 19.3 Å². The molecule has 0 bridgehead atoms. The zero-order valence-corrected chi connectivity index (χ0v) is 13.9. The number of hydrogen-bond donors (Lipinski definition) is 1. The van der Waals surface area contributed by atoms with Gasteiger partial charge in [-0.1, -0.05) is 55.6 Å². The molecule has 0 saturated heterocycles. The standard InChI is InChI=1S/C19H29NO2/c1-3-4-5-6-7-15-8-10-16(11-9-15)17-12-13-18(14-17)19(20-21)22-2/h8-11,17-18,21H,3-7,12-14H2,1-2H3/b20-19-/t17-,18-/m0/s1. The Morgan fingerprint density at radius 1 is 1.18 bits per heavy atom. The predicted molar refractivity (Wildman–Crippen MR) is 90.6 cm³/mol. The van der Waals surface area contributed by atoms with E-state index in [1.165, 1.54) is 43.2 Å². The molecule has 1 aromatic carbocycles. The lowest BCUT2D eigenvalue weighted by Gasteiger charge is -2.13. The summed E-state index contributed by atoms with van der Waals surface area (Å²) in [5.74, 6) is 1.30. The van der Waals surface area contributed by atoms with Crippen LogP contribution in [0.4, 0.5) is 0 Å². The number of methoxy groups -OCH3 is 1. The number of hydrogen-bond acceptors (Lipinski definition) is 3. The van der Waals surface area contributed by atoms with E-state index in [1.54, 1.807) is 7.11 Å². The van der Waals surface area contributed by atoms with Crippen molar-refractivity contribution in [2.75, 3.05) is 7.11 Å². The zero-order chi connectivity index (χ0) is 15.8. The molecule has 0 amide bonds. The summed E-state index contributed by atoms with van der Waals surface area (Å²) in [6.45, 7) is 2.25. The second kappa shape index (κ2) is 8.82. The molecule has 2 atom stereocenters. The second-order valence-corrected chi connectivity index (χ2v) is 6.40. The Bertz CT molecular complexity index is 467. The van der Waals surface area contributed by atoms with Crippen molar-refractivity contribution >= 4 is 5.90 Å². The lowest BCUT2D eigenvalue weighted by atomic mass is 9.94. The van der Waals surface area contributed by atoms with Gasteiger partial charge in [-0.2, -0.15) is 0 Å². The lowest BCUT2D eigenvalue weighted by molar-refractivity contribution is 0.270. The summed E-state index contributed by atoms with van der Waals surface area (Å²) in [4.78, 5) is 0. The van der Waals surface area contributed by atoms with E-state index in [9.17, 15) is 0 Å². The van der Waals surface area contributed by atoms with Gasteiger partial charge in [0.2, 0.25) is 5.90 Å². The Hall–Kier alpha value is -1.51. The largest absolute Gasteiger partial charge is 0.482 e. The number of benzene rings is 1. The number of unbranched alkanes of at least 4 members (excludes halogenated alkanes) is 3. The van der Waals surface area contributed by atoms with Gasteiger partial charge in [-0.05, 0) is 49.1 Å². The minimum absolute atomic E-state index is 0.258. The van der Waals surface area contributed by atoms with Crippen LogP contribution < -0.4 is 0 Å². The minimum atomic E-state index is 0.258. The first-order valence-electron chi connectivity index (χ1n) is 8.63. The van der Waals surface area contributed by atoms with Crippen molar-refractivity contribution in [3.05, 3.63) is 35.4 Å². The molecule has 2 rings (SSSR count). The van der Waals surface area contributed by atoms with Gasteiger partial charge >= 0.3 is 0 Å². The number of nitrogens with zero attached hydrogens (tertiary/aromatic N) is 1. The third kappa shape index (κ3) is 4.49. The van der Waals surface area contributed by atoms with Crippen LogP contribution in [0.5, 0.6) is 0 Å². The number of oxime groups is 1. The topological polar surface area (TPSA) is 41.8 Å². The lowest BCUT2D eigenvalue weighted by Crippen LogP contribution is -2.13. The maximum atomic E-state index is 8.96. The van der Waals surface area contributed by atoms with Crippen molar-refractivity contribution < 1.29 is 9.94 Å². The molecule has 0 unspecified atom stereocenters. The first kappa shape index (κ1) is 16.9. The first-order valence-corrected chi connectivity index (χ1v) is 8.63. The fourth-order valence-corrected chi connectivity index (χ4v) is 3.51. The summed E-state index contributed by atoms with van der Waals surface area (Å²) in [5, 5.41) is 12.2. The van der Waals surface area contributed by atoms with Crippen molar-refractivity contribution in [3.63, 3.8) is 0 Å². The fourth-order valence-electron chi connectivity index (χ4n) is 3.51. The predicted octanol–water partition coefficient (Wildman–Crippen LogP) is 5.13. The summed E-state index contributed by atoms with van der Waals surface area (Å²) in [6, 6.07) is 9.13. The molecule has 1 saturated carbocycles. The highest BCUT2D eigenvalue weighted by Gasteiger charge is 2.30. The Labute approximate surface area is 134 Å². The summed E-state index contributed by atoms with van der Waals surface area (Å²) in [5.41, 5.74) is 2.86. The third-order valence-electron chi connectivity index (χ3n) is 4.86. The van der Waals surface area contributed by atoms with E-state index >= 15 is 0 Å². The normalized spacial score (nSPS) is 22.0. The second-order valence-electron chi connectivity index (χ2n) is 6.40. The van der Waals surface area contributed by atoms with Gasteiger partial charge < -0.3 is 9.94 Å². The molecule has 1 aliphatic rings. The average molecular weight is 303 g/mol. The van der Waals surface area contributed by atoms with Crippen LogP contribution in [0.25, 0.3) is 0 Å². The van der Waals surface area contributed by atoms with Crippen molar-refractivity contribution in [2.24, 2.45) is 11.1 Å². The van der Waals surface area contributed by atoms with Crippen LogP contribution >= 0.6 is 0 Å². The van der Waals surface area contributed by atoms with Gasteiger partial charge in [-0.15, -0.1) is 0 Å². The molecular weight excluding hydrogens is 274 g/mol. The molecule has 1 aromatic rings. The summed E-state index contributed by atoms with van der Waals surface area (Å²) < 4.78 is 5.15. The first-order chi connectivity index (χ1) is 10.8. The van der Waals surface area contributed by atoms with E-state index in [-0.39, 0.29) is 5.92 Å². The Balaban J connectivity index is 1.86. The molecule has 0 aliphatic heterocycles. The van der Waals surface area contributed by atoms with Crippen LogP contribution in [0.3, 0.4) is 0 Å². The van der Waals surface area contributed by atoms with Crippen molar-refractivity contribution in [1.82, 2.24) is 0 Å². The molecule has 0 heterocycles. The van der Waals surface area contributed by atoms with E-state index in [1.807, 2.05) is 0 Å². The molecule has 0 aromatic heterocycles. The van der Waals surface area contributed by atoms with Gasteiger partial charge in [0.25, 0.3) is 0 Å². The van der Waals surface area contributed by atoms with Gasteiger partial charge in [-0.3, -0.25) is 0 Å². The maximum Gasteiger partial charge on any atom is 0.228 e. The zero-order valence-electron chi connectivity index (χ0n) is 13.9. The van der Waals surface area contributed by atoms with E-state index in [4.69, 9.17) is 9.94 Å². The number of aryl methyl sites for hydroxylation is 1. The quantitative estimate of drug-likeness (QED) is 0.249. The summed E-state index contributed by atoms with van der Waals surface area (Å²) in [6.07, 6.45) is 9.66. The molecular formula is C19H29NO2. The smallest absolute Gasteiger partial charge is 0.228 e. The molecule has 1 fully saturated rings. The molecule has 1 aliphatic carbocycles. The van der Waals surface area contributed by atoms with Crippen LogP contribution in [0.1, 0.15) is 68.9 Å². The SMILES string of the molecule is CCCCCCc1ccc([C@H]2CC[C@H](/C(=N/O)OC)C2)cc1. The van der Waals surface area contributed by atoms with Crippen LogP contribution in [-0.4, -0.2) is 18.2 Å². The van der Waals surface area contributed by atoms with Gasteiger partial charge in [0.15, 0.2) is 0 Å². The highest BCUT2D eigenvalue weighted by molar-refractivity contribution is 5.78. The Morgan fingerprint density at radius 2 is 1.95 bits per heavy atom. The molecule has 3 heteroatoms. The maximum absolute atomic E-state index is 8.96. The van der Waals surface area contributed by atoms with Crippen LogP contribution in [0, 0.1) is 5.92 Å². The summed E-state index contributed by atoms with van der Waals surface area (Å²) in [7, 11) is 1.58. The highest BCUT2D eigenvalue weighted by Crippen LogP contribution is 2.39. The van der Waals surface area contributed by atoms with Gasteiger partial charge in [0.1, 0.15) is 0 Å². The number of rotatable bonds is 7. The number of ether oxygens (including phenoxy) is 1. The molecule has 0 radical (unpaired) electrons. The van der Waals surface area contributed by atoms with Crippen molar-refractivity contribution in [2.45, 2.75) is 64.2 Å². The Morgan fingerprint density at radius 3 is 2.59 bits per heavy atom. The van der Waals surface area contributed by atoms with E-state index < -0.39 is 0 Å². The molecule has 3 nitrogen and oxygen atoms in total. The molecule has 0 spiro atoms. The Kier molecular flexibility index (Phi) is 6.75. The third-order valence-corrected chi connectivity index (χ3v) is 4.86.